The number of rotatable bonds is 9. The van der Waals surface area contributed by atoms with Crippen molar-refractivity contribution in [1.29, 1.82) is 0 Å². The SMILES string of the molecule is COc1ccc(OC)c(NC(=O)COc2ccc(C(=O)Nc3ccccc3OC)cc2)c1. The Balaban J connectivity index is 1.57. The number of hydrogen-bond acceptors (Lipinski definition) is 6. The highest BCUT2D eigenvalue weighted by Gasteiger charge is 2.12. The number of hydrogen-bond donors (Lipinski definition) is 2. The third kappa shape index (κ3) is 5.69. The lowest BCUT2D eigenvalue weighted by molar-refractivity contribution is -0.118. The summed E-state index contributed by atoms with van der Waals surface area (Å²) in [5.74, 6) is 1.46. The molecule has 0 fully saturated rings. The van der Waals surface area contributed by atoms with Crippen LogP contribution in [0.1, 0.15) is 10.4 Å². The normalized spacial score (nSPS) is 10.1. The van der Waals surface area contributed by atoms with Crippen molar-refractivity contribution in [2.75, 3.05) is 38.6 Å². The van der Waals surface area contributed by atoms with Crippen LogP contribution in [-0.4, -0.2) is 39.8 Å². The molecule has 0 unspecified atom stereocenters. The number of nitrogens with one attached hydrogen (secondary N) is 2. The minimum atomic E-state index is -0.366. The molecule has 0 bridgehead atoms. The van der Waals surface area contributed by atoms with Gasteiger partial charge >= 0.3 is 0 Å². The molecule has 0 atom stereocenters. The highest BCUT2D eigenvalue weighted by atomic mass is 16.5. The zero-order chi connectivity index (χ0) is 22.9. The van der Waals surface area contributed by atoms with Crippen LogP contribution in [-0.2, 0) is 4.79 Å². The van der Waals surface area contributed by atoms with Gasteiger partial charge in [-0.05, 0) is 48.5 Å². The third-order valence-corrected chi connectivity index (χ3v) is 4.52. The van der Waals surface area contributed by atoms with Crippen LogP contribution >= 0.6 is 0 Å². The number of carbonyl (C=O) groups is 2. The Labute approximate surface area is 186 Å². The molecule has 0 saturated carbocycles. The molecule has 0 heterocycles. The lowest BCUT2D eigenvalue weighted by Crippen LogP contribution is -2.20. The van der Waals surface area contributed by atoms with Crippen LogP contribution in [0, 0.1) is 0 Å². The first kappa shape index (κ1) is 22.5. The summed E-state index contributed by atoms with van der Waals surface area (Å²) in [6.07, 6.45) is 0. The van der Waals surface area contributed by atoms with E-state index in [0.717, 1.165) is 0 Å². The molecule has 2 N–H and O–H groups in total. The Morgan fingerprint density at radius 3 is 2.06 bits per heavy atom. The van der Waals surface area contributed by atoms with Gasteiger partial charge in [0.25, 0.3) is 11.8 Å². The van der Waals surface area contributed by atoms with Crippen LogP contribution in [0.25, 0.3) is 0 Å². The monoisotopic (exact) mass is 436 g/mol. The number of carbonyl (C=O) groups excluding carboxylic acids is 2. The summed E-state index contributed by atoms with van der Waals surface area (Å²) in [6.45, 7) is -0.215. The predicted octanol–water partition coefficient (Wildman–Crippen LogP) is 3.98. The molecule has 8 heteroatoms. The van der Waals surface area contributed by atoms with Crippen molar-refractivity contribution in [3.8, 4) is 23.0 Å². The highest BCUT2D eigenvalue weighted by Crippen LogP contribution is 2.29. The smallest absolute Gasteiger partial charge is 0.262 e. The molecular weight excluding hydrogens is 412 g/mol. The van der Waals surface area contributed by atoms with Crippen molar-refractivity contribution >= 4 is 23.2 Å². The fourth-order valence-electron chi connectivity index (χ4n) is 2.89. The van der Waals surface area contributed by atoms with Crippen LogP contribution in [0.3, 0.4) is 0 Å². The van der Waals surface area contributed by atoms with E-state index >= 15 is 0 Å². The van der Waals surface area contributed by atoms with E-state index in [1.165, 1.54) is 21.3 Å². The van der Waals surface area contributed by atoms with E-state index in [2.05, 4.69) is 10.6 Å². The number of amides is 2. The molecule has 0 aliphatic heterocycles. The summed E-state index contributed by atoms with van der Waals surface area (Å²) in [5.41, 5.74) is 1.49. The van der Waals surface area contributed by atoms with E-state index in [0.29, 0.717) is 39.9 Å². The summed E-state index contributed by atoms with van der Waals surface area (Å²) in [6, 6.07) is 18.7. The number of anilines is 2. The summed E-state index contributed by atoms with van der Waals surface area (Å²) in [4.78, 5) is 24.8. The van der Waals surface area contributed by atoms with E-state index in [1.807, 2.05) is 6.07 Å². The molecule has 0 aliphatic carbocycles. The van der Waals surface area contributed by atoms with E-state index in [1.54, 1.807) is 60.7 Å². The first-order chi connectivity index (χ1) is 15.5. The fraction of sp³-hybridized carbons (Fsp3) is 0.167. The zero-order valence-corrected chi connectivity index (χ0v) is 18.0. The fourth-order valence-corrected chi connectivity index (χ4v) is 2.89. The summed E-state index contributed by atoms with van der Waals surface area (Å²) < 4.78 is 21.2. The number of para-hydroxylation sites is 2. The van der Waals surface area contributed by atoms with Gasteiger partial charge in [-0.3, -0.25) is 9.59 Å². The maximum atomic E-state index is 12.5. The maximum absolute atomic E-state index is 12.5. The maximum Gasteiger partial charge on any atom is 0.262 e. The Morgan fingerprint density at radius 1 is 0.719 bits per heavy atom. The Morgan fingerprint density at radius 2 is 1.38 bits per heavy atom. The van der Waals surface area contributed by atoms with Gasteiger partial charge in [-0.1, -0.05) is 12.1 Å². The second-order valence-corrected chi connectivity index (χ2v) is 6.58. The quantitative estimate of drug-likeness (QED) is 0.527. The summed E-state index contributed by atoms with van der Waals surface area (Å²) in [7, 11) is 4.59. The van der Waals surface area contributed by atoms with Gasteiger partial charge in [-0.15, -0.1) is 0 Å². The van der Waals surface area contributed by atoms with Crippen LogP contribution in [0.2, 0.25) is 0 Å². The van der Waals surface area contributed by atoms with Gasteiger partial charge in [0.2, 0.25) is 0 Å². The molecule has 0 radical (unpaired) electrons. The molecule has 8 nitrogen and oxygen atoms in total. The Kier molecular flexibility index (Phi) is 7.53. The van der Waals surface area contributed by atoms with Gasteiger partial charge in [0.05, 0.1) is 32.7 Å². The second kappa shape index (κ2) is 10.7. The van der Waals surface area contributed by atoms with Crippen LogP contribution in [0.15, 0.2) is 66.7 Å². The average Bonchev–Trinajstić information content (AvgIpc) is 2.83. The average molecular weight is 436 g/mol. The molecule has 3 aromatic rings. The largest absolute Gasteiger partial charge is 0.497 e. The van der Waals surface area contributed by atoms with Crippen LogP contribution in [0.4, 0.5) is 11.4 Å². The summed E-state index contributed by atoms with van der Waals surface area (Å²) in [5, 5.41) is 5.53. The van der Waals surface area contributed by atoms with Crippen molar-refractivity contribution in [3.63, 3.8) is 0 Å². The van der Waals surface area contributed by atoms with Gasteiger partial charge in [-0.25, -0.2) is 0 Å². The van der Waals surface area contributed by atoms with Crippen molar-refractivity contribution in [1.82, 2.24) is 0 Å². The molecule has 166 valence electrons. The number of methoxy groups -OCH3 is 3. The van der Waals surface area contributed by atoms with Crippen molar-refractivity contribution in [2.24, 2.45) is 0 Å². The molecule has 3 aromatic carbocycles. The molecule has 0 saturated heterocycles. The standard InChI is InChI=1S/C24H24N2O6/c1-29-18-12-13-22(31-3)20(14-18)25-23(27)15-32-17-10-8-16(9-11-17)24(28)26-19-6-4-5-7-21(19)30-2/h4-14H,15H2,1-3H3,(H,25,27)(H,26,28). The number of ether oxygens (including phenoxy) is 4. The van der Waals surface area contributed by atoms with E-state index in [4.69, 9.17) is 18.9 Å². The minimum absolute atomic E-state index is 0.215. The molecule has 3 rings (SSSR count). The van der Waals surface area contributed by atoms with E-state index < -0.39 is 0 Å². The minimum Gasteiger partial charge on any atom is -0.497 e. The van der Waals surface area contributed by atoms with Crippen molar-refractivity contribution in [3.05, 3.63) is 72.3 Å². The molecule has 0 aromatic heterocycles. The Hall–Kier alpha value is -4.20. The topological polar surface area (TPSA) is 95.1 Å². The molecular formula is C24H24N2O6. The van der Waals surface area contributed by atoms with Gasteiger partial charge in [0, 0.05) is 11.6 Å². The predicted molar refractivity (Wildman–Crippen MR) is 121 cm³/mol. The molecule has 0 aliphatic rings. The van der Waals surface area contributed by atoms with Crippen molar-refractivity contribution in [2.45, 2.75) is 0 Å². The molecule has 0 spiro atoms. The lowest BCUT2D eigenvalue weighted by Gasteiger charge is -2.12. The summed E-state index contributed by atoms with van der Waals surface area (Å²) >= 11 is 0. The van der Waals surface area contributed by atoms with Gasteiger partial charge in [-0.2, -0.15) is 0 Å². The first-order valence-electron chi connectivity index (χ1n) is 9.73. The molecule has 2 amide bonds. The lowest BCUT2D eigenvalue weighted by atomic mass is 10.2. The van der Waals surface area contributed by atoms with E-state index in [-0.39, 0.29) is 18.4 Å². The van der Waals surface area contributed by atoms with Crippen LogP contribution in [0.5, 0.6) is 23.0 Å². The van der Waals surface area contributed by atoms with Crippen molar-refractivity contribution < 1.29 is 28.5 Å². The second-order valence-electron chi connectivity index (χ2n) is 6.58. The number of benzene rings is 3. The first-order valence-corrected chi connectivity index (χ1v) is 9.73. The highest BCUT2D eigenvalue weighted by molar-refractivity contribution is 6.05. The third-order valence-electron chi connectivity index (χ3n) is 4.52. The van der Waals surface area contributed by atoms with Crippen LogP contribution < -0.4 is 29.6 Å². The van der Waals surface area contributed by atoms with Gasteiger partial charge in [0.1, 0.15) is 23.0 Å². The molecule has 32 heavy (non-hydrogen) atoms. The van der Waals surface area contributed by atoms with Gasteiger partial charge in [0.15, 0.2) is 6.61 Å². The Bertz CT molecular complexity index is 1080. The van der Waals surface area contributed by atoms with E-state index in [9.17, 15) is 9.59 Å². The zero-order valence-electron chi connectivity index (χ0n) is 18.0. The van der Waals surface area contributed by atoms with Gasteiger partial charge < -0.3 is 29.6 Å².